The number of rotatable bonds is 8. The van der Waals surface area contributed by atoms with E-state index < -0.39 is 18.0 Å². The minimum absolute atomic E-state index is 0.0129. The van der Waals surface area contributed by atoms with E-state index in [0.29, 0.717) is 18.4 Å². The molecule has 6 heteroatoms. The number of halogens is 1. The lowest BCUT2D eigenvalue weighted by Crippen LogP contribution is -2.39. The Morgan fingerprint density at radius 3 is 2.40 bits per heavy atom. The molecule has 0 fully saturated rings. The Labute approximate surface area is 145 Å². The average molecular weight is 344 g/mol. The topological polar surface area (TPSA) is 78.4 Å². The van der Waals surface area contributed by atoms with Gasteiger partial charge in [-0.15, -0.1) is 0 Å². The van der Waals surface area contributed by atoms with Crippen LogP contribution in [0.5, 0.6) is 0 Å². The van der Waals surface area contributed by atoms with E-state index in [1.165, 1.54) is 6.07 Å². The van der Waals surface area contributed by atoms with Crippen LogP contribution in [0.1, 0.15) is 30.0 Å². The van der Waals surface area contributed by atoms with Gasteiger partial charge >= 0.3 is 12.0 Å². The van der Waals surface area contributed by atoms with Gasteiger partial charge in [-0.05, 0) is 24.5 Å². The van der Waals surface area contributed by atoms with E-state index in [9.17, 15) is 14.0 Å². The number of nitrogens with one attached hydrogen (secondary N) is 2. The van der Waals surface area contributed by atoms with Gasteiger partial charge in [0.2, 0.25) is 0 Å². The first-order valence-corrected chi connectivity index (χ1v) is 8.11. The van der Waals surface area contributed by atoms with Crippen LogP contribution in [-0.4, -0.2) is 23.7 Å². The number of amides is 2. The first-order valence-electron chi connectivity index (χ1n) is 8.11. The third-order valence-electron chi connectivity index (χ3n) is 3.72. The highest BCUT2D eigenvalue weighted by Crippen LogP contribution is 2.21. The summed E-state index contributed by atoms with van der Waals surface area (Å²) in [7, 11) is 0. The fraction of sp³-hybridized carbons (Fsp3) is 0.263. The van der Waals surface area contributed by atoms with Crippen molar-refractivity contribution in [3.8, 4) is 0 Å². The van der Waals surface area contributed by atoms with Gasteiger partial charge in [-0.25, -0.2) is 9.18 Å². The van der Waals surface area contributed by atoms with E-state index >= 15 is 0 Å². The van der Waals surface area contributed by atoms with Crippen LogP contribution in [0.25, 0.3) is 0 Å². The molecule has 132 valence electrons. The molecule has 5 nitrogen and oxygen atoms in total. The van der Waals surface area contributed by atoms with Gasteiger partial charge in [0.25, 0.3) is 0 Å². The third-order valence-corrected chi connectivity index (χ3v) is 3.72. The van der Waals surface area contributed by atoms with E-state index in [1.807, 2.05) is 30.3 Å². The highest BCUT2D eigenvalue weighted by molar-refractivity contribution is 5.74. The molecule has 0 aliphatic rings. The fourth-order valence-electron chi connectivity index (χ4n) is 2.50. The summed E-state index contributed by atoms with van der Waals surface area (Å²) in [6.45, 7) is 0.244. The maximum Gasteiger partial charge on any atom is 0.315 e. The van der Waals surface area contributed by atoms with Crippen LogP contribution < -0.4 is 10.6 Å². The molecule has 2 rings (SSSR count). The maximum atomic E-state index is 14.2. The summed E-state index contributed by atoms with van der Waals surface area (Å²) in [5, 5.41) is 14.0. The Hall–Kier alpha value is -2.89. The number of urea groups is 1. The standard InChI is InChI=1S/C19H21FN2O3/c20-16-10-5-4-9-15(16)17(13-14-7-2-1-3-8-14)22-19(25)21-12-6-11-18(23)24/h1-5,7-10,17H,6,11-13H2,(H,23,24)(H2,21,22,25). The summed E-state index contributed by atoms with van der Waals surface area (Å²) >= 11 is 0. The van der Waals surface area contributed by atoms with Gasteiger partial charge in [0.1, 0.15) is 5.82 Å². The summed E-state index contributed by atoms with van der Waals surface area (Å²) in [6.07, 6.45) is 0.775. The smallest absolute Gasteiger partial charge is 0.315 e. The Kier molecular flexibility index (Phi) is 6.95. The lowest BCUT2D eigenvalue weighted by Gasteiger charge is -2.20. The normalized spacial score (nSPS) is 11.6. The molecule has 2 aromatic carbocycles. The molecule has 25 heavy (non-hydrogen) atoms. The Balaban J connectivity index is 2.03. The van der Waals surface area contributed by atoms with Crippen molar-refractivity contribution in [2.75, 3.05) is 6.54 Å². The zero-order valence-corrected chi connectivity index (χ0v) is 13.7. The van der Waals surface area contributed by atoms with Crippen molar-refractivity contribution in [3.05, 3.63) is 71.5 Å². The summed E-state index contributed by atoms with van der Waals surface area (Å²) in [5.74, 6) is -1.29. The van der Waals surface area contributed by atoms with Crippen LogP contribution in [0.3, 0.4) is 0 Å². The second-order valence-electron chi connectivity index (χ2n) is 5.66. The zero-order chi connectivity index (χ0) is 18.1. The second kappa shape index (κ2) is 9.42. The number of benzene rings is 2. The van der Waals surface area contributed by atoms with E-state index in [2.05, 4.69) is 10.6 Å². The molecule has 0 aliphatic carbocycles. The molecule has 1 unspecified atom stereocenters. The Morgan fingerprint density at radius 2 is 1.72 bits per heavy atom. The van der Waals surface area contributed by atoms with E-state index in [1.54, 1.807) is 18.2 Å². The highest BCUT2D eigenvalue weighted by atomic mass is 19.1. The largest absolute Gasteiger partial charge is 0.481 e. The number of hydrogen-bond donors (Lipinski definition) is 3. The minimum atomic E-state index is -0.907. The van der Waals surface area contributed by atoms with Crippen molar-refractivity contribution in [1.82, 2.24) is 10.6 Å². The van der Waals surface area contributed by atoms with E-state index in [0.717, 1.165) is 5.56 Å². The molecule has 0 bridgehead atoms. The first-order chi connectivity index (χ1) is 12.1. The molecule has 0 radical (unpaired) electrons. The van der Waals surface area contributed by atoms with Gasteiger partial charge in [0.15, 0.2) is 0 Å². The number of aliphatic carboxylic acids is 1. The van der Waals surface area contributed by atoms with Gasteiger partial charge in [0.05, 0.1) is 6.04 Å². The number of carbonyl (C=O) groups excluding carboxylic acids is 1. The summed E-state index contributed by atoms with van der Waals surface area (Å²) < 4.78 is 14.2. The van der Waals surface area contributed by atoms with Crippen molar-refractivity contribution in [2.45, 2.75) is 25.3 Å². The number of carboxylic acids is 1. The number of carboxylic acid groups (broad SMARTS) is 1. The molecule has 1 atom stereocenters. The quantitative estimate of drug-likeness (QED) is 0.643. The molecule has 0 saturated heterocycles. The molecule has 0 aromatic heterocycles. The third kappa shape index (κ3) is 6.25. The van der Waals surface area contributed by atoms with Gasteiger partial charge in [-0.1, -0.05) is 48.5 Å². The van der Waals surface area contributed by atoms with Crippen LogP contribution in [0.2, 0.25) is 0 Å². The van der Waals surface area contributed by atoms with Gasteiger partial charge in [0, 0.05) is 18.5 Å². The Bertz CT molecular complexity index is 707. The lowest BCUT2D eigenvalue weighted by atomic mass is 9.98. The van der Waals surface area contributed by atoms with Crippen LogP contribution in [0.15, 0.2) is 54.6 Å². The predicted octanol–water partition coefficient (Wildman–Crippen LogP) is 3.27. The molecule has 3 N–H and O–H groups in total. The van der Waals surface area contributed by atoms with Crippen molar-refractivity contribution in [1.29, 1.82) is 0 Å². The van der Waals surface area contributed by atoms with Crippen molar-refractivity contribution in [3.63, 3.8) is 0 Å². The monoisotopic (exact) mass is 344 g/mol. The molecule has 2 aromatic rings. The molecule has 0 saturated carbocycles. The summed E-state index contributed by atoms with van der Waals surface area (Å²) in [6, 6.07) is 14.9. The van der Waals surface area contributed by atoms with Gasteiger partial charge < -0.3 is 15.7 Å². The van der Waals surface area contributed by atoms with Gasteiger partial charge in [-0.3, -0.25) is 4.79 Å². The average Bonchev–Trinajstić information content (AvgIpc) is 2.59. The summed E-state index contributed by atoms with van der Waals surface area (Å²) in [5.41, 5.74) is 1.38. The van der Waals surface area contributed by atoms with E-state index in [-0.39, 0.29) is 18.8 Å². The highest BCUT2D eigenvalue weighted by Gasteiger charge is 2.18. The first kappa shape index (κ1) is 18.4. The van der Waals surface area contributed by atoms with Crippen LogP contribution in [0, 0.1) is 5.82 Å². The fourth-order valence-corrected chi connectivity index (χ4v) is 2.50. The SMILES string of the molecule is O=C(O)CCCNC(=O)NC(Cc1ccccc1)c1ccccc1F. The van der Waals surface area contributed by atoms with Crippen LogP contribution in [0.4, 0.5) is 9.18 Å². The Morgan fingerprint density at radius 1 is 1.04 bits per heavy atom. The predicted molar refractivity (Wildman–Crippen MR) is 92.7 cm³/mol. The number of carbonyl (C=O) groups is 2. The second-order valence-corrected chi connectivity index (χ2v) is 5.66. The van der Waals surface area contributed by atoms with Crippen LogP contribution >= 0.6 is 0 Å². The maximum absolute atomic E-state index is 14.2. The molecule has 0 heterocycles. The van der Waals surface area contributed by atoms with Crippen molar-refractivity contribution in [2.24, 2.45) is 0 Å². The molecular weight excluding hydrogens is 323 g/mol. The van der Waals surface area contributed by atoms with Crippen molar-refractivity contribution < 1.29 is 19.1 Å². The minimum Gasteiger partial charge on any atom is -0.481 e. The molecule has 2 amide bonds. The molecular formula is C19H21FN2O3. The van der Waals surface area contributed by atoms with Crippen LogP contribution in [-0.2, 0) is 11.2 Å². The lowest BCUT2D eigenvalue weighted by molar-refractivity contribution is -0.137. The zero-order valence-electron chi connectivity index (χ0n) is 13.7. The van der Waals surface area contributed by atoms with Gasteiger partial charge in [-0.2, -0.15) is 0 Å². The number of hydrogen-bond acceptors (Lipinski definition) is 2. The summed E-state index contributed by atoms with van der Waals surface area (Å²) in [4.78, 5) is 22.6. The van der Waals surface area contributed by atoms with E-state index in [4.69, 9.17) is 5.11 Å². The molecule has 0 spiro atoms. The van der Waals surface area contributed by atoms with Crippen molar-refractivity contribution >= 4 is 12.0 Å². The molecule has 0 aliphatic heterocycles.